The molecular formula is C15H21Br2NS. The molecule has 19 heavy (non-hydrogen) atoms. The summed E-state index contributed by atoms with van der Waals surface area (Å²) in [4.78, 5) is 1.41. The van der Waals surface area contributed by atoms with Crippen LogP contribution in [-0.2, 0) is 0 Å². The van der Waals surface area contributed by atoms with E-state index < -0.39 is 0 Å². The topological polar surface area (TPSA) is 12.0 Å². The Balaban J connectivity index is 2.22. The molecule has 1 heterocycles. The lowest BCUT2D eigenvalue weighted by molar-refractivity contribution is 0.558. The Morgan fingerprint density at radius 3 is 2.74 bits per heavy atom. The number of allylic oxidation sites excluding steroid dienone is 1. The third-order valence-corrected chi connectivity index (χ3v) is 6.87. The Bertz CT molecular complexity index is 420. The molecule has 0 radical (unpaired) electrons. The monoisotopic (exact) mass is 405 g/mol. The predicted molar refractivity (Wildman–Crippen MR) is 91.9 cm³/mol. The summed E-state index contributed by atoms with van der Waals surface area (Å²) >= 11 is 9.05. The normalized spacial score (nSPS) is 18.6. The first-order valence-corrected chi connectivity index (χ1v) is 9.49. The van der Waals surface area contributed by atoms with Crippen LogP contribution in [0.2, 0.25) is 0 Å². The van der Waals surface area contributed by atoms with Crippen LogP contribution in [0.3, 0.4) is 0 Å². The zero-order chi connectivity index (χ0) is 13.7. The van der Waals surface area contributed by atoms with Gasteiger partial charge in [0.05, 0.1) is 9.83 Å². The van der Waals surface area contributed by atoms with Crippen molar-refractivity contribution in [2.24, 2.45) is 0 Å². The van der Waals surface area contributed by atoms with Gasteiger partial charge in [-0.15, -0.1) is 11.3 Å². The highest BCUT2D eigenvalue weighted by Crippen LogP contribution is 2.39. The van der Waals surface area contributed by atoms with Gasteiger partial charge >= 0.3 is 0 Å². The van der Waals surface area contributed by atoms with Crippen molar-refractivity contribution in [3.8, 4) is 0 Å². The Labute approximate surface area is 137 Å². The van der Waals surface area contributed by atoms with Gasteiger partial charge in [0.2, 0.25) is 0 Å². The fourth-order valence-corrected chi connectivity index (χ4v) is 4.81. The van der Waals surface area contributed by atoms with Crippen molar-refractivity contribution in [1.82, 2.24) is 5.32 Å². The van der Waals surface area contributed by atoms with Crippen LogP contribution in [0, 0.1) is 0 Å². The first kappa shape index (κ1) is 15.7. The number of likely N-dealkylation sites (N-methyl/N-ethyl adjacent to an activating group) is 1. The van der Waals surface area contributed by atoms with Crippen molar-refractivity contribution in [2.75, 3.05) is 6.54 Å². The molecule has 1 aromatic heterocycles. The van der Waals surface area contributed by atoms with Gasteiger partial charge in [-0.1, -0.05) is 31.4 Å². The lowest BCUT2D eigenvalue weighted by Gasteiger charge is -2.22. The van der Waals surface area contributed by atoms with Crippen molar-refractivity contribution in [2.45, 2.75) is 51.5 Å². The van der Waals surface area contributed by atoms with Gasteiger partial charge in [-0.25, -0.2) is 0 Å². The Morgan fingerprint density at radius 1 is 1.26 bits per heavy atom. The van der Waals surface area contributed by atoms with Crippen LogP contribution in [0.1, 0.15) is 56.4 Å². The Hall–Kier alpha value is 0.360. The van der Waals surface area contributed by atoms with E-state index >= 15 is 0 Å². The highest BCUT2D eigenvalue weighted by molar-refractivity contribution is 9.13. The molecule has 0 aromatic carbocycles. The van der Waals surface area contributed by atoms with Crippen LogP contribution in [0.4, 0.5) is 0 Å². The average molecular weight is 407 g/mol. The fraction of sp³-hybridized carbons (Fsp3) is 0.600. The smallest absolute Gasteiger partial charge is 0.0843 e. The van der Waals surface area contributed by atoms with Gasteiger partial charge in [-0.2, -0.15) is 0 Å². The van der Waals surface area contributed by atoms with Crippen LogP contribution in [0.25, 0.3) is 0 Å². The van der Waals surface area contributed by atoms with Crippen molar-refractivity contribution < 1.29 is 0 Å². The maximum atomic E-state index is 3.66. The quantitative estimate of drug-likeness (QED) is 0.586. The molecule has 106 valence electrons. The van der Waals surface area contributed by atoms with Gasteiger partial charge in [0.1, 0.15) is 0 Å². The van der Waals surface area contributed by atoms with Crippen LogP contribution >= 0.6 is 43.2 Å². The maximum absolute atomic E-state index is 3.66. The number of hydrogen-bond donors (Lipinski definition) is 1. The second-order valence-corrected chi connectivity index (χ2v) is 8.25. The molecule has 0 spiro atoms. The summed E-state index contributed by atoms with van der Waals surface area (Å²) in [6.07, 6.45) is 10.4. The van der Waals surface area contributed by atoms with Crippen LogP contribution < -0.4 is 5.32 Å². The molecule has 1 aliphatic rings. The molecule has 1 atom stereocenters. The minimum Gasteiger partial charge on any atom is -0.306 e. The summed E-state index contributed by atoms with van der Waals surface area (Å²) in [6.45, 7) is 3.20. The van der Waals surface area contributed by atoms with Gasteiger partial charge in [0.15, 0.2) is 0 Å². The fourth-order valence-electron chi connectivity index (χ4n) is 2.60. The summed E-state index contributed by atoms with van der Waals surface area (Å²) in [5, 5.41) is 3.66. The van der Waals surface area contributed by atoms with E-state index in [9.17, 15) is 0 Å². The largest absolute Gasteiger partial charge is 0.306 e. The van der Waals surface area contributed by atoms with E-state index in [4.69, 9.17) is 0 Å². The second-order valence-electron chi connectivity index (χ2n) is 4.99. The Kier molecular flexibility index (Phi) is 6.60. The summed E-state index contributed by atoms with van der Waals surface area (Å²) in [5.41, 5.74) is 1.59. The molecule has 0 bridgehead atoms. The third kappa shape index (κ3) is 4.42. The molecular weight excluding hydrogens is 386 g/mol. The molecule has 1 unspecified atom stereocenters. The molecule has 4 heteroatoms. The number of nitrogens with one attached hydrogen (secondary N) is 1. The zero-order valence-electron chi connectivity index (χ0n) is 11.3. The second kappa shape index (κ2) is 7.96. The SMILES string of the molecule is CCNC(C1=CCCCCCC1)c1cc(Br)c(Br)s1. The highest BCUT2D eigenvalue weighted by atomic mass is 79.9. The standard InChI is InChI=1S/C15H21Br2NS/c1-2-18-14(13-10-12(16)15(17)19-13)11-8-6-4-3-5-7-9-11/h8,10,14,18H,2-7,9H2,1H3. The van der Waals surface area contributed by atoms with Crippen LogP contribution in [0.15, 0.2) is 26.0 Å². The minimum absolute atomic E-state index is 0.399. The minimum atomic E-state index is 0.399. The molecule has 2 rings (SSSR count). The summed E-state index contributed by atoms with van der Waals surface area (Å²) in [5.74, 6) is 0. The molecule has 0 saturated carbocycles. The van der Waals surface area contributed by atoms with Gasteiger partial charge in [-0.05, 0) is 70.2 Å². The van der Waals surface area contributed by atoms with Gasteiger partial charge in [0, 0.05) is 9.35 Å². The number of halogens is 2. The summed E-state index contributed by atoms with van der Waals surface area (Å²) < 4.78 is 2.36. The van der Waals surface area contributed by atoms with Crippen molar-refractivity contribution in [3.63, 3.8) is 0 Å². The van der Waals surface area contributed by atoms with Gasteiger partial charge in [-0.3, -0.25) is 0 Å². The van der Waals surface area contributed by atoms with E-state index in [1.807, 2.05) is 11.3 Å². The van der Waals surface area contributed by atoms with Gasteiger partial charge < -0.3 is 5.32 Å². The zero-order valence-corrected chi connectivity index (χ0v) is 15.3. The van der Waals surface area contributed by atoms with E-state index in [2.05, 4.69) is 56.2 Å². The highest BCUT2D eigenvalue weighted by Gasteiger charge is 2.19. The molecule has 0 saturated heterocycles. The molecule has 0 amide bonds. The summed E-state index contributed by atoms with van der Waals surface area (Å²) in [6, 6.07) is 2.65. The molecule has 0 aliphatic heterocycles. The summed E-state index contributed by atoms with van der Waals surface area (Å²) in [7, 11) is 0. The lowest BCUT2D eigenvalue weighted by Crippen LogP contribution is -2.22. The van der Waals surface area contributed by atoms with Gasteiger partial charge in [0.25, 0.3) is 0 Å². The average Bonchev–Trinajstić information content (AvgIpc) is 2.67. The molecule has 1 aliphatic carbocycles. The van der Waals surface area contributed by atoms with Crippen molar-refractivity contribution >= 4 is 43.2 Å². The van der Waals surface area contributed by atoms with Crippen LogP contribution in [-0.4, -0.2) is 6.54 Å². The molecule has 1 aromatic rings. The lowest BCUT2D eigenvalue weighted by atomic mass is 9.94. The molecule has 1 nitrogen and oxygen atoms in total. The van der Waals surface area contributed by atoms with E-state index in [1.54, 1.807) is 5.57 Å². The van der Waals surface area contributed by atoms with E-state index in [0.29, 0.717) is 6.04 Å². The number of rotatable bonds is 4. The number of hydrogen-bond acceptors (Lipinski definition) is 2. The van der Waals surface area contributed by atoms with Crippen molar-refractivity contribution in [1.29, 1.82) is 0 Å². The first-order valence-electron chi connectivity index (χ1n) is 7.09. The third-order valence-electron chi connectivity index (χ3n) is 3.55. The molecule has 1 N–H and O–H groups in total. The van der Waals surface area contributed by atoms with Crippen molar-refractivity contribution in [3.05, 3.63) is 30.9 Å². The Morgan fingerprint density at radius 2 is 2.05 bits per heavy atom. The van der Waals surface area contributed by atoms with E-state index in [0.717, 1.165) is 6.54 Å². The number of thiophene rings is 1. The maximum Gasteiger partial charge on any atom is 0.0843 e. The molecule has 0 fully saturated rings. The predicted octanol–water partition coefficient (Wildman–Crippen LogP) is 6.20. The first-order chi connectivity index (χ1) is 9.22. The van der Waals surface area contributed by atoms with E-state index in [1.165, 1.54) is 51.7 Å². The van der Waals surface area contributed by atoms with Crippen LogP contribution in [0.5, 0.6) is 0 Å². The van der Waals surface area contributed by atoms with E-state index in [-0.39, 0.29) is 0 Å².